The predicted molar refractivity (Wildman–Crippen MR) is 61.2 cm³/mol. The topological polar surface area (TPSA) is 40.5 Å². The van der Waals surface area contributed by atoms with Crippen LogP contribution >= 0.6 is 27.5 Å². The third kappa shape index (κ3) is 3.58. The highest BCUT2D eigenvalue weighted by molar-refractivity contribution is 9.09. The summed E-state index contributed by atoms with van der Waals surface area (Å²) in [5, 5.41) is 18.5. The van der Waals surface area contributed by atoms with Gasteiger partial charge in [0.05, 0.1) is 16.7 Å². The molecule has 0 amide bonds. The van der Waals surface area contributed by atoms with Crippen LogP contribution in [0, 0.1) is 0 Å². The van der Waals surface area contributed by atoms with Gasteiger partial charge in [0.2, 0.25) is 0 Å². The molecule has 0 fully saturated rings. The molecule has 1 aromatic rings. The number of rotatable bonds is 3. The fourth-order valence-corrected chi connectivity index (χ4v) is 1.83. The van der Waals surface area contributed by atoms with Crippen LogP contribution < -0.4 is 0 Å². The van der Waals surface area contributed by atoms with Crippen LogP contribution in [0.1, 0.15) is 17.2 Å². The van der Waals surface area contributed by atoms with Gasteiger partial charge in [-0.25, -0.2) is 0 Å². The predicted octanol–water partition coefficient (Wildman–Crippen LogP) is 3.15. The number of halogens is 5. The van der Waals surface area contributed by atoms with E-state index in [9.17, 15) is 23.4 Å². The van der Waals surface area contributed by atoms with Crippen LogP contribution in [0.15, 0.2) is 18.2 Å². The molecule has 0 radical (unpaired) electrons. The summed E-state index contributed by atoms with van der Waals surface area (Å²) in [5.41, 5.74) is -1.06. The van der Waals surface area contributed by atoms with Crippen molar-refractivity contribution in [2.75, 3.05) is 5.33 Å². The number of aliphatic hydroxyl groups is 2. The largest absolute Gasteiger partial charge is 0.417 e. The fraction of sp³-hybridized carbons (Fsp3) is 0.400. The summed E-state index contributed by atoms with van der Waals surface area (Å²) in [4.78, 5) is 0. The molecule has 0 saturated heterocycles. The Labute approximate surface area is 109 Å². The number of benzene rings is 1. The molecule has 17 heavy (non-hydrogen) atoms. The Morgan fingerprint density at radius 1 is 1.29 bits per heavy atom. The molecular formula is C10H9BrClF3O2. The van der Waals surface area contributed by atoms with Gasteiger partial charge in [-0.3, -0.25) is 0 Å². The summed E-state index contributed by atoms with van der Waals surface area (Å²) in [6, 6.07) is 3.02. The minimum absolute atomic E-state index is 0.0336. The Balaban J connectivity index is 3.13. The molecule has 0 spiro atoms. The van der Waals surface area contributed by atoms with E-state index in [0.717, 1.165) is 12.1 Å². The van der Waals surface area contributed by atoms with Crippen molar-refractivity contribution in [1.29, 1.82) is 0 Å². The van der Waals surface area contributed by atoms with E-state index >= 15 is 0 Å². The van der Waals surface area contributed by atoms with Gasteiger partial charge in [0.15, 0.2) is 0 Å². The minimum Gasteiger partial charge on any atom is -0.389 e. The van der Waals surface area contributed by atoms with Crippen molar-refractivity contribution < 1.29 is 23.4 Å². The zero-order valence-electron chi connectivity index (χ0n) is 8.38. The first-order chi connectivity index (χ1) is 7.77. The Hall–Kier alpha value is -0.300. The van der Waals surface area contributed by atoms with Crippen molar-refractivity contribution in [1.82, 2.24) is 0 Å². The monoisotopic (exact) mass is 332 g/mol. The van der Waals surface area contributed by atoms with Crippen LogP contribution in [0.25, 0.3) is 0 Å². The molecule has 0 bridgehead atoms. The summed E-state index contributed by atoms with van der Waals surface area (Å²) in [7, 11) is 0. The fourth-order valence-electron chi connectivity index (χ4n) is 1.25. The third-order valence-electron chi connectivity index (χ3n) is 2.16. The maximum absolute atomic E-state index is 12.5. The molecule has 2 N–H and O–H groups in total. The van der Waals surface area contributed by atoms with Crippen LogP contribution in [0.5, 0.6) is 0 Å². The van der Waals surface area contributed by atoms with E-state index in [1.807, 2.05) is 0 Å². The van der Waals surface area contributed by atoms with E-state index in [0.29, 0.717) is 0 Å². The van der Waals surface area contributed by atoms with Crippen LogP contribution in [0.3, 0.4) is 0 Å². The smallest absolute Gasteiger partial charge is 0.389 e. The molecule has 0 heterocycles. The SMILES string of the molecule is OC(CBr)C(O)c1ccc(Cl)c(C(F)(F)F)c1. The molecule has 0 aliphatic heterocycles. The first kappa shape index (κ1) is 14.8. The number of alkyl halides is 4. The average molecular weight is 334 g/mol. The Morgan fingerprint density at radius 3 is 2.35 bits per heavy atom. The van der Waals surface area contributed by atoms with Gasteiger partial charge in [-0.1, -0.05) is 33.6 Å². The van der Waals surface area contributed by atoms with E-state index in [1.165, 1.54) is 6.07 Å². The van der Waals surface area contributed by atoms with Gasteiger partial charge in [0, 0.05) is 5.33 Å². The number of aliphatic hydroxyl groups excluding tert-OH is 2. The van der Waals surface area contributed by atoms with Gasteiger partial charge in [0.1, 0.15) is 6.10 Å². The Kier molecular flexibility index (Phi) is 4.83. The molecule has 2 atom stereocenters. The Morgan fingerprint density at radius 2 is 1.88 bits per heavy atom. The van der Waals surface area contributed by atoms with Crippen LogP contribution in [-0.4, -0.2) is 21.6 Å². The summed E-state index contributed by atoms with van der Waals surface area (Å²) in [6.45, 7) is 0. The van der Waals surface area contributed by atoms with E-state index in [2.05, 4.69) is 15.9 Å². The lowest BCUT2D eigenvalue weighted by molar-refractivity contribution is -0.137. The van der Waals surface area contributed by atoms with Crippen molar-refractivity contribution in [3.63, 3.8) is 0 Å². The second-order valence-corrected chi connectivity index (χ2v) is 4.46. The van der Waals surface area contributed by atoms with Gasteiger partial charge in [-0.05, 0) is 17.7 Å². The molecule has 0 aliphatic rings. The highest BCUT2D eigenvalue weighted by atomic mass is 79.9. The lowest BCUT2D eigenvalue weighted by atomic mass is 10.0. The minimum atomic E-state index is -4.59. The zero-order chi connectivity index (χ0) is 13.2. The summed E-state index contributed by atoms with van der Waals surface area (Å²) in [6.07, 6.45) is -7.17. The lowest BCUT2D eigenvalue weighted by Crippen LogP contribution is -2.20. The second kappa shape index (κ2) is 5.56. The summed E-state index contributed by atoms with van der Waals surface area (Å²) >= 11 is 8.35. The molecule has 1 rings (SSSR count). The van der Waals surface area contributed by atoms with Gasteiger partial charge in [-0.15, -0.1) is 0 Å². The van der Waals surface area contributed by atoms with Crippen molar-refractivity contribution >= 4 is 27.5 Å². The molecule has 1 aromatic carbocycles. The van der Waals surface area contributed by atoms with Crippen LogP contribution in [-0.2, 0) is 6.18 Å². The van der Waals surface area contributed by atoms with E-state index in [4.69, 9.17) is 11.6 Å². The van der Waals surface area contributed by atoms with Crippen molar-refractivity contribution in [2.24, 2.45) is 0 Å². The first-order valence-electron chi connectivity index (χ1n) is 4.56. The van der Waals surface area contributed by atoms with Gasteiger partial charge >= 0.3 is 6.18 Å². The molecular weight excluding hydrogens is 324 g/mol. The van der Waals surface area contributed by atoms with Crippen molar-refractivity contribution in [3.8, 4) is 0 Å². The van der Waals surface area contributed by atoms with Crippen LogP contribution in [0.2, 0.25) is 5.02 Å². The molecule has 2 unspecified atom stereocenters. The standard InChI is InChI=1S/C10H9BrClF3O2/c11-4-8(16)9(17)5-1-2-7(12)6(3-5)10(13,14)15/h1-3,8-9,16-17H,4H2. The lowest BCUT2D eigenvalue weighted by Gasteiger charge is -2.18. The maximum atomic E-state index is 12.5. The molecule has 0 aliphatic carbocycles. The highest BCUT2D eigenvalue weighted by Crippen LogP contribution is 2.36. The Bertz CT molecular complexity index is 398. The molecule has 2 nitrogen and oxygen atoms in total. The van der Waals surface area contributed by atoms with E-state index in [1.54, 1.807) is 0 Å². The van der Waals surface area contributed by atoms with Gasteiger partial charge < -0.3 is 10.2 Å². The molecule has 96 valence electrons. The van der Waals surface area contributed by atoms with Crippen molar-refractivity contribution in [3.05, 3.63) is 34.3 Å². The summed E-state index contributed by atoms with van der Waals surface area (Å²) < 4.78 is 37.6. The zero-order valence-corrected chi connectivity index (χ0v) is 10.7. The molecule has 0 aromatic heterocycles. The normalized spacial score (nSPS) is 15.7. The van der Waals surface area contributed by atoms with E-state index in [-0.39, 0.29) is 10.9 Å². The first-order valence-corrected chi connectivity index (χ1v) is 6.06. The third-order valence-corrected chi connectivity index (χ3v) is 3.15. The van der Waals surface area contributed by atoms with Gasteiger partial charge in [0.25, 0.3) is 0 Å². The van der Waals surface area contributed by atoms with Crippen molar-refractivity contribution in [2.45, 2.75) is 18.4 Å². The maximum Gasteiger partial charge on any atom is 0.417 e. The highest BCUT2D eigenvalue weighted by Gasteiger charge is 2.34. The molecule has 0 saturated carbocycles. The van der Waals surface area contributed by atoms with Gasteiger partial charge in [-0.2, -0.15) is 13.2 Å². The number of hydrogen-bond acceptors (Lipinski definition) is 2. The quantitative estimate of drug-likeness (QED) is 0.834. The average Bonchev–Trinajstić information content (AvgIpc) is 2.26. The summed E-state index contributed by atoms with van der Waals surface area (Å²) in [5.74, 6) is 0. The number of hydrogen-bond donors (Lipinski definition) is 2. The van der Waals surface area contributed by atoms with E-state index < -0.39 is 29.0 Å². The van der Waals surface area contributed by atoms with Crippen LogP contribution in [0.4, 0.5) is 13.2 Å². The molecule has 7 heteroatoms. The second-order valence-electron chi connectivity index (χ2n) is 3.40.